The van der Waals surface area contributed by atoms with Crippen molar-refractivity contribution in [3.8, 4) is 0 Å². The lowest BCUT2D eigenvalue weighted by Gasteiger charge is -2.16. The minimum absolute atomic E-state index is 0.0904. The zero-order chi connectivity index (χ0) is 18.1. The first-order valence-electron chi connectivity index (χ1n) is 8.75. The molecule has 2 rings (SSSR count). The van der Waals surface area contributed by atoms with Gasteiger partial charge in [0.15, 0.2) is 0 Å². The van der Waals surface area contributed by atoms with E-state index < -0.39 is 0 Å². The average Bonchev–Trinajstić information content (AvgIpc) is 2.59. The van der Waals surface area contributed by atoms with Gasteiger partial charge in [-0.3, -0.25) is 4.79 Å². The largest absolute Gasteiger partial charge is 0.352 e. The van der Waals surface area contributed by atoms with Crippen LogP contribution in [0.3, 0.4) is 0 Å². The normalized spacial score (nSPS) is 10.9. The number of hydrogen-bond donors (Lipinski definition) is 1. The summed E-state index contributed by atoms with van der Waals surface area (Å²) >= 11 is 6.01. The maximum Gasteiger partial charge on any atom is 0.251 e. The molecule has 1 heterocycles. The van der Waals surface area contributed by atoms with E-state index in [-0.39, 0.29) is 5.91 Å². The van der Waals surface area contributed by atoms with Gasteiger partial charge in [0, 0.05) is 24.3 Å². The lowest BCUT2D eigenvalue weighted by molar-refractivity contribution is 0.0951. The van der Waals surface area contributed by atoms with Crippen molar-refractivity contribution in [3.63, 3.8) is 0 Å². The highest BCUT2D eigenvalue weighted by Gasteiger charge is 2.09. The van der Waals surface area contributed by atoms with E-state index in [1.54, 1.807) is 6.07 Å². The second-order valence-electron chi connectivity index (χ2n) is 6.25. The van der Waals surface area contributed by atoms with Gasteiger partial charge in [-0.15, -0.1) is 0 Å². The quantitative estimate of drug-likeness (QED) is 0.545. The summed E-state index contributed by atoms with van der Waals surface area (Å²) < 4.78 is 0. The van der Waals surface area contributed by atoms with Gasteiger partial charge in [-0.2, -0.15) is 0 Å². The molecule has 1 amide bonds. The first-order valence-corrected chi connectivity index (χ1v) is 9.13. The van der Waals surface area contributed by atoms with Crippen molar-refractivity contribution in [1.29, 1.82) is 0 Å². The topological polar surface area (TPSA) is 45.2 Å². The van der Waals surface area contributed by atoms with Gasteiger partial charge >= 0.3 is 0 Å². The van der Waals surface area contributed by atoms with Crippen LogP contribution in [0.25, 0.3) is 0 Å². The zero-order valence-corrected chi connectivity index (χ0v) is 15.7. The van der Waals surface area contributed by atoms with E-state index >= 15 is 0 Å². The van der Waals surface area contributed by atoms with Crippen LogP contribution in [0.2, 0.25) is 5.15 Å². The number of aromatic nitrogens is 1. The zero-order valence-electron chi connectivity index (χ0n) is 15.0. The second-order valence-corrected chi connectivity index (χ2v) is 6.64. The smallest absolute Gasteiger partial charge is 0.251 e. The second kappa shape index (κ2) is 10.2. The third-order valence-corrected chi connectivity index (χ3v) is 4.11. The molecule has 1 aromatic carbocycles. The highest BCUT2D eigenvalue weighted by atomic mass is 35.5. The summed E-state index contributed by atoms with van der Waals surface area (Å²) in [5, 5.41) is 3.34. The summed E-state index contributed by atoms with van der Waals surface area (Å²) in [5.41, 5.74) is 2.74. The van der Waals surface area contributed by atoms with Crippen molar-refractivity contribution in [1.82, 2.24) is 15.2 Å². The fraction of sp³-hybridized carbons (Fsp3) is 0.400. The van der Waals surface area contributed by atoms with Gasteiger partial charge < -0.3 is 10.2 Å². The van der Waals surface area contributed by atoms with E-state index in [1.165, 1.54) is 5.56 Å². The minimum Gasteiger partial charge on any atom is -0.352 e. The van der Waals surface area contributed by atoms with E-state index in [9.17, 15) is 4.79 Å². The fourth-order valence-corrected chi connectivity index (χ4v) is 2.92. The standard InChI is InChI=1S/C20H26ClN3O/c1-3-8-18-13-17(14-19(21)23-18)20(25)22-11-7-12-24(2)15-16-9-5-4-6-10-16/h4-6,9-10,13-14H,3,7-8,11-12,15H2,1-2H3,(H,22,25). The molecule has 0 radical (unpaired) electrons. The van der Waals surface area contributed by atoms with E-state index in [2.05, 4.69) is 53.4 Å². The summed E-state index contributed by atoms with van der Waals surface area (Å²) in [7, 11) is 2.09. The Kier molecular flexibility index (Phi) is 7.89. The molecule has 0 aliphatic heterocycles. The molecule has 5 heteroatoms. The Morgan fingerprint density at radius 1 is 1.24 bits per heavy atom. The van der Waals surface area contributed by atoms with Crippen molar-refractivity contribution in [2.24, 2.45) is 0 Å². The molecule has 25 heavy (non-hydrogen) atoms. The maximum atomic E-state index is 12.3. The number of aryl methyl sites for hydroxylation is 1. The Balaban J connectivity index is 1.75. The van der Waals surface area contributed by atoms with Gasteiger partial charge in [0.1, 0.15) is 5.15 Å². The average molecular weight is 360 g/mol. The van der Waals surface area contributed by atoms with Crippen molar-refractivity contribution >= 4 is 17.5 Å². The first-order chi connectivity index (χ1) is 12.1. The number of hydrogen-bond acceptors (Lipinski definition) is 3. The van der Waals surface area contributed by atoms with Crippen LogP contribution in [0.4, 0.5) is 0 Å². The van der Waals surface area contributed by atoms with Gasteiger partial charge in [0.25, 0.3) is 5.91 Å². The van der Waals surface area contributed by atoms with Crippen molar-refractivity contribution in [3.05, 3.63) is 64.4 Å². The number of rotatable bonds is 9. The third kappa shape index (κ3) is 6.85. The van der Waals surface area contributed by atoms with E-state index in [0.29, 0.717) is 17.3 Å². The molecule has 134 valence electrons. The molecule has 1 aromatic heterocycles. The van der Waals surface area contributed by atoms with Crippen LogP contribution >= 0.6 is 11.6 Å². The molecule has 0 saturated heterocycles. The van der Waals surface area contributed by atoms with Crippen LogP contribution in [0.15, 0.2) is 42.5 Å². The number of benzene rings is 1. The van der Waals surface area contributed by atoms with E-state index in [4.69, 9.17) is 11.6 Å². The lowest BCUT2D eigenvalue weighted by atomic mass is 10.1. The summed E-state index contributed by atoms with van der Waals surface area (Å²) in [6, 6.07) is 13.8. The number of amides is 1. The molecular formula is C20H26ClN3O. The number of carbonyl (C=O) groups is 1. The Morgan fingerprint density at radius 2 is 2.00 bits per heavy atom. The number of halogens is 1. The number of nitrogens with zero attached hydrogens (tertiary/aromatic N) is 2. The Morgan fingerprint density at radius 3 is 2.72 bits per heavy atom. The molecule has 0 unspecified atom stereocenters. The number of pyridine rings is 1. The highest BCUT2D eigenvalue weighted by Crippen LogP contribution is 2.12. The third-order valence-electron chi connectivity index (χ3n) is 3.91. The van der Waals surface area contributed by atoms with Crippen molar-refractivity contribution in [2.75, 3.05) is 20.1 Å². The van der Waals surface area contributed by atoms with Crippen LogP contribution < -0.4 is 5.32 Å². The summed E-state index contributed by atoms with van der Waals surface area (Å²) in [5.74, 6) is -0.0904. The van der Waals surface area contributed by atoms with Crippen LogP contribution in [-0.4, -0.2) is 35.9 Å². The molecule has 0 spiro atoms. The van der Waals surface area contributed by atoms with Gasteiger partial charge in [-0.25, -0.2) is 4.98 Å². The first kappa shape index (κ1) is 19.4. The molecule has 4 nitrogen and oxygen atoms in total. The van der Waals surface area contributed by atoms with Crippen LogP contribution in [0.1, 0.15) is 41.4 Å². The Labute approximate surface area is 155 Å². The van der Waals surface area contributed by atoms with Crippen molar-refractivity contribution < 1.29 is 4.79 Å². The Bertz CT molecular complexity index is 676. The fourth-order valence-electron chi connectivity index (χ4n) is 2.69. The molecule has 0 atom stereocenters. The van der Waals surface area contributed by atoms with Crippen molar-refractivity contribution in [2.45, 2.75) is 32.7 Å². The molecular weight excluding hydrogens is 334 g/mol. The van der Waals surface area contributed by atoms with E-state index in [1.807, 2.05) is 12.1 Å². The van der Waals surface area contributed by atoms with E-state index in [0.717, 1.165) is 38.0 Å². The van der Waals surface area contributed by atoms with Gasteiger partial charge in [0.2, 0.25) is 0 Å². The Hall–Kier alpha value is -1.91. The summed E-state index contributed by atoms with van der Waals surface area (Å²) in [4.78, 5) is 18.8. The predicted octanol–water partition coefficient (Wildman–Crippen LogP) is 3.94. The van der Waals surface area contributed by atoms with Crippen LogP contribution in [0.5, 0.6) is 0 Å². The lowest BCUT2D eigenvalue weighted by Crippen LogP contribution is -2.28. The molecule has 0 saturated carbocycles. The summed E-state index contributed by atoms with van der Waals surface area (Å²) in [6.07, 6.45) is 2.70. The summed E-state index contributed by atoms with van der Waals surface area (Å²) in [6.45, 7) is 4.55. The molecule has 0 aliphatic rings. The maximum absolute atomic E-state index is 12.3. The molecule has 0 aliphatic carbocycles. The highest BCUT2D eigenvalue weighted by molar-refractivity contribution is 6.29. The molecule has 2 aromatic rings. The number of carbonyl (C=O) groups excluding carboxylic acids is 1. The SMILES string of the molecule is CCCc1cc(C(=O)NCCCN(C)Cc2ccccc2)cc(Cl)n1. The predicted molar refractivity (Wildman–Crippen MR) is 103 cm³/mol. The van der Waals surface area contributed by atoms with Gasteiger partial charge in [-0.1, -0.05) is 55.3 Å². The van der Waals surface area contributed by atoms with Crippen LogP contribution in [0, 0.1) is 0 Å². The number of nitrogens with one attached hydrogen (secondary N) is 1. The van der Waals surface area contributed by atoms with Crippen LogP contribution in [-0.2, 0) is 13.0 Å². The van der Waals surface area contributed by atoms with Gasteiger partial charge in [0.05, 0.1) is 0 Å². The molecule has 0 bridgehead atoms. The molecule has 1 N–H and O–H groups in total. The minimum atomic E-state index is -0.0904. The van der Waals surface area contributed by atoms with Gasteiger partial charge in [-0.05, 0) is 44.1 Å². The monoisotopic (exact) mass is 359 g/mol. The molecule has 0 fully saturated rings.